The Morgan fingerprint density at radius 2 is 1.70 bits per heavy atom. The number of aryl methyl sites for hydroxylation is 1. The van der Waals surface area contributed by atoms with Crippen LogP contribution in [0.15, 0.2) is 18.2 Å². The van der Waals surface area contributed by atoms with Crippen LogP contribution in [0, 0.1) is 25.7 Å². The van der Waals surface area contributed by atoms with E-state index in [1.165, 1.54) is 4.90 Å². The van der Waals surface area contributed by atoms with Crippen LogP contribution in [0.5, 0.6) is 0 Å². The van der Waals surface area contributed by atoms with Crippen LogP contribution >= 0.6 is 0 Å². The van der Waals surface area contributed by atoms with Gasteiger partial charge in [0.05, 0.1) is 18.4 Å². The number of hydrogen-bond acceptors (Lipinski definition) is 3. The molecule has 2 unspecified atom stereocenters. The standard InChI is InChI=1S/C18H22N2O3/c1-4-19-11(2)9-15(12(19)3)16(21)10-20-17(22)13-7-5-6-8-14(13)18(20)23/h5-6,9,13-14H,4,7-8,10H2,1-3H3. The quantitative estimate of drug-likeness (QED) is 0.486. The minimum atomic E-state index is -0.275. The van der Waals surface area contributed by atoms with Crippen molar-refractivity contribution >= 4 is 17.6 Å². The molecule has 0 N–H and O–H groups in total. The van der Waals surface area contributed by atoms with E-state index in [2.05, 4.69) is 4.57 Å². The summed E-state index contributed by atoms with van der Waals surface area (Å²) >= 11 is 0. The van der Waals surface area contributed by atoms with Crippen LogP contribution in [0.4, 0.5) is 0 Å². The molecule has 23 heavy (non-hydrogen) atoms. The van der Waals surface area contributed by atoms with Crippen molar-refractivity contribution in [1.29, 1.82) is 0 Å². The monoisotopic (exact) mass is 314 g/mol. The number of ketones is 1. The fourth-order valence-electron chi connectivity index (χ4n) is 3.82. The maximum absolute atomic E-state index is 12.6. The number of carbonyl (C=O) groups excluding carboxylic acids is 3. The molecule has 0 aromatic carbocycles. The molecule has 0 radical (unpaired) electrons. The van der Waals surface area contributed by atoms with E-state index in [0.29, 0.717) is 18.4 Å². The molecule has 5 heteroatoms. The summed E-state index contributed by atoms with van der Waals surface area (Å²) in [7, 11) is 0. The molecule has 0 saturated carbocycles. The molecule has 2 atom stereocenters. The van der Waals surface area contributed by atoms with Gasteiger partial charge >= 0.3 is 0 Å². The van der Waals surface area contributed by atoms with E-state index in [0.717, 1.165) is 17.9 Å². The second-order valence-corrected chi connectivity index (χ2v) is 6.37. The highest BCUT2D eigenvalue weighted by atomic mass is 16.2. The maximum atomic E-state index is 12.6. The fraction of sp³-hybridized carbons (Fsp3) is 0.500. The van der Waals surface area contributed by atoms with E-state index >= 15 is 0 Å². The van der Waals surface area contributed by atoms with Crippen LogP contribution in [-0.4, -0.2) is 33.6 Å². The van der Waals surface area contributed by atoms with Gasteiger partial charge in [-0.15, -0.1) is 0 Å². The third kappa shape index (κ3) is 2.44. The molecule has 2 heterocycles. The molecular weight excluding hydrogens is 292 g/mol. The maximum Gasteiger partial charge on any atom is 0.233 e. The molecule has 1 fully saturated rings. The smallest absolute Gasteiger partial charge is 0.233 e. The van der Waals surface area contributed by atoms with Gasteiger partial charge in [0, 0.05) is 23.5 Å². The van der Waals surface area contributed by atoms with Crippen molar-refractivity contribution in [2.75, 3.05) is 6.54 Å². The highest BCUT2D eigenvalue weighted by Crippen LogP contribution is 2.35. The predicted octanol–water partition coefficient (Wildman–Crippen LogP) is 2.26. The Morgan fingerprint density at radius 3 is 2.17 bits per heavy atom. The van der Waals surface area contributed by atoms with Crippen molar-refractivity contribution in [3.05, 3.63) is 35.2 Å². The number of rotatable bonds is 4. The zero-order chi connectivity index (χ0) is 16.7. The summed E-state index contributed by atoms with van der Waals surface area (Å²) < 4.78 is 2.06. The lowest BCUT2D eigenvalue weighted by atomic mass is 9.85. The van der Waals surface area contributed by atoms with Gasteiger partial charge in [-0.1, -0.05) is 12.2 Å². The molecule has 2 amide bonds. The zero-order valence-corrected chi connectivity index (χ0v) is 13.8. The van der Waals surface area contributed by atoms with Crippen molar-refractivity contribution in [3.63, 3.8) is 0 Å². The first-order valence-electron chi connectivity index (χ1n) is 8.15. The molecule has 2 aliphatic rings. The summed E-state index contributed by atoms with van der Waals surface area (Å²) in [6, 6.07) is 1.85. The molecule has 1 aromatic heterocycles. The molecular formula is C18H22N2O3. The number of hydrogen-bond donors (Lipinski definition) is 0. The van der Waals surface area contributed by atoms with Gasteiger partial charge < -0.3 is 4.57 Å². The second-order valence-electron chi connectivity index (χ2n) is 6.37. The lowest BCUT2D eigenvalue weighted by molar-refractivity contribution is -0.139. The summed E-state index contributed by atoms with van der Waals surface area (Å²) in [6.07, 6.45) is 5.10. The number of imide groups is 1. The van der Waals surface area contributed by atoms with Crippen LogP contribution in [0.1, 0.15) is 41.5 Å². The van der Waals surface area contributed by atoms with Crippen molar-refractivity contribution in [1.82, 2.24) is 9.47 Å². The Morgan fingerprint density at radius 1 is 1.13 bits per heavy atom. The average Bonchev–Trinajstić information content (AvgIpc) is 2.96. The number of likely N-dealkylation sites (tertiary alicyclic amines) is 1. The van der Waals surface area contributed by atoms with E-state index < -0.39 is 0 Å². The summed E-state index contributed by atoms with van der Waals surface area (Å²) in [5, 5.41) is 0. The van der Waals surface area contributed by atoms with Crippen LogP contribution in [-0.2, 0) is 16.1 Å². The Balaban J connectivity index is 1.81. The minimum Gasteiger partial charge on any atom is -0.349 e. The number of fused-ring (bicyclic) bond motifs is 1. The molecule has 0 bridgehead atoms. The summed E-state index contributed by atoms with van der Waals surface area (Å²) in [6.45, 7) is 6.54. The molecule has 1 aromatic rings. The molecule has 1 aliphatic heterocycles. The van der Waals surface area contributed by atoms with E-state index in [1.807, 2.05) is 39.0 Å². The number of Topliss-reactive ketones (excluding diaryl/α,β-unsaturated/α-hetero) is 1. The van der Waals surface area contributed by atoms with Crippen molar-refractivity contribution in [2.45, 2.75) is 40.2 Å². The molecule has 1 saturated heterocycles. The SMILES string of the molecule is CCn1c(C)cc(C(=O)CN2C(=O)C3CC=CCC3C2=O)c1C. The Bertz CT molecular complexity index is 688. The third-order valence-corrected chi connectivity index (χ3v) is 5.09. The number of nitrogens with zero attached hydrogens (tertiary/aromatic N) is 2. The number of amides is 2. The molecule has 5 nitrogen and oxygen atoms in total. The van der Waals surface area contributed by atoms with Gasteiger partial charge in [-0.25, -0.2) is 0 Å². The largest absolute Gasteiger partial charge is 0.349 e. The number of carbonyl (C=O) groups is 3. The van der Waals surface area contributed by atoms with Gasteiger partial charge in [0.2, 0.25) is 11.8 Å². The summed E-state index contributed by atoms with van der Waals surface area (Å²) in [4.78, 5) is 38.7. The Labute approximate surface area is 136 Å². The minimum absolute atomic E-state index is 0.140. The van der Waals surface area contributed by atoms with E-state index in [-0.39, 0.29) is 36.0 Å². The van der Waals surface area contributed by atoms with Gasteiger partial charge in [0.25, 0.3) is 0 Å². The van der Waals surface area contributed by atoms with Crippen LogP contribution in [0.2, 0.25) is 0 Å². The first-order chi connectivity index (χ1) is 11.0. The van der Waals surface area contributed by atoms with Gasteiger partial charge in [0.15, 0.2) is 5.78 Å². The highest BCUT2D eigenvalue weighted by molar-refractivity contribution is 6.10. The number of aromatic nitrogens is 1. The van der Waals surface area contributed by atoms with Crippen molar-refractivity contribution in [2.24, 2.45) is 11.8 Å². The molecule has 1 aliphatic carbocycles. The van der Waals surface area contributed by atoms with Gasteiger partial charge in [0.1, 0.15) is 0 Å². The van der Waals surface area contributed by atoms with Gasteiger partial charge in [-0.2, -0.15) is 0 Å². The lowest BCUT2D eigenvalue weighted by Gasteiger charge is -2.14. The van der Waals surface area contributed by atoms with Crippen molar-refractivity contribution < 1.29 is 14.4 Å². The molecule has 122 valence electrons. The van der Waals surface area contributed by atoms with E-state index in [1.54, 1.807) is 0 Å². The molecule has 3 rings (SSSR count). The summed E-state index contributed by atoms with van der Waals surface area (Å²) in [5.74, 6) is -1.10. The number of allylic oxidation sites excluding steroid dienone is 2. The zero-order valence-electron chi connectivity index (χ0n) is 13.8. The first kappa shape index (κ1) is 15.7. The third-order valence-electron chi connectivity index (χ3n) is 5.09. The van der Waals surface area contributed by atoms with Gasteiger partial charge in [-0.3, -0.25) is 19.3 Å². The van der Waals surface area contributed by atoms with Crippen LogP contribution in [0.3, 0.4) is 0 Å². The van der Waals surface area contributed by atoms with E-state index in [4.69, 9.17) is 0 Å². The Hall–Kier alpha value is -2.17. The Kier molecular flexibility index (Phi) is 3.96. The first-order valence-corrected chi connectivity index (χ1v) is 8.15. The van der Waals surface area contributed by atoms with E-state index in [9.17, 15) is 14.4 Å². The second kappa shape index (κ2) is 5.80. The highest BCUT2D eigenvalue weighted by Gasteiger charge is 2.47. The van der Waals surface area contributed by atoms with Crippen LogP contribution in [0.25, 0.3) is 0 Å². The normalized spacial score (nSPS) is 23.5. The van der Waals surface area contributed by atoms with Gasteiger partial charge in [-0.05, 0) is 39.7 Å². The average molecular weight is 314 g/mol. The molecule has 0 spiro atoms. The van der Waals surface area contributed by atoms with Crippen molar-refractivity contribution in [3.8, 4) is 0 Å². The topological polar surface area (TPSA) is 59.4 Å². The van der Waals surface area contributed by atoms with Crippen LogP contribution < -0.4 is 0 Å². The fourth-order valence-corrected chi connectivity index (χ4v) is 3.82. The predicted molar refractivity (Wildman–Crippen MR) is 86.0 cm³/mol. The lowest BCUT2D eigenvalue weighted by Crippen LogP contribution is -2.36. The summed E-state index contributed by atoms with van der Waals surface area (Å²) in [5.41, 5.74) is 2.52.